The molecule has 0 atom stereocenters. The van der Waals surface area contributed by atoms with Crippen LogP contribution in [0.25, 0.3) is 0 Å². The van der Waals surface area contributed by atoms with Crippen molar-refractivity contribution < 1.29 is 23.8 Å². The Labute approximate surface area is 165 Å². The van der Waals surface area contributed by atoms with Crippen molar-refractivity contribution in [2.75, 3.05) is 19.6 Å². The van der Waals surface area contributed by atoms with Crippen molar-refractivity contribution in [2.24, 2.45) is 0 Å². The van der Waals surface area contributed by atoms with E-state index < -0.39 is 16.7 Å². The van der Waals surface area contributed by atoms with Crippen LogP contribution < -0.4 is 5.32 Å². The number of hydrazine groups is 1. The van der Waals surface area contributed by atoms with Crippen molar-refractivity contribution in [3.8, 4) is 0 Å². The van der Waals surface area contributed by atoms with Crippen molar-refractivity contribution in [2.45, 2.75) is 20.3 Å². The standard InChI is InChI=1S/C18H19N5O6/c1-11-16(12(2)29-20-11)18(26)22-9-3-8-21(22)15(24)10-19-17(25)13-4-6-14(7-5-13)23(27)28/h4-7H,3,8-10H2,1-2H3,(H,19,25). The number of hydrogen-bond acceptors (Lipinski definition) is 7. The molecule has 0 spiro atoms. The summed E-state index contributed by atoms with van der Waals surface area (Å²) in [5.41, 5.74) is 0.814. The number of carbonyl (C=O) groups is 3. The second-order valence-electron chi connectivity index (χ2n) is 6.48. The van der Waals surface area contributed by atoms with Crippen LogP contribution in [0.15, 0.2) is 28.8 Å². The summed E-state index contributed by atoms with van der Waals surface area (Å²) < 4.78 is 5.02. The van der Waals surface area contributed by atoms with Crippen molar-refractivity contribution in [1.29, 1.82) is 0 Å². The minimum absolute atomic E-state index is 0.136. The maximum atomic E-state index is 12.8. The van der Waals surface area contributed by atoms with Gasteiger partial charge in [-0.3, -0.25) is 24.5 Å². The number of benzene rings is 1. The number of nitro benzene ring substituents is 1. The van der Waals surface area contributed by atoms with E-state index in [0.29, 0.717) is 36.5 Å². The van der Waals surface area contributed by atoms with Crippen molar-refractivity contribution in [3.05, 3.63) is 57.0 Å². The minimum Gasteiger partial charge on any atom is -0.361 e. The molecule has 0 saturated carbocycles. The second kappa shape index (κ2) is 8.09. The van der Waals surface area contributed by atoms with E-state index >= 15 is 0 Å². The van der Waals surface area contributed by atoms with Crippen LogP contribution in [0.4, 0.5) is 5.69 Å². The van der Waals surface area contributed by atoms with Gasteiger partial charge in [0.25, 0.3) is 23.4 Å². The average molecular weight is 401 g/mol. The molecule has 1 aromatic heterocycles. The lowest BCUT2D eigenvalue weighted by molar-refractivity contribution is -0.384. The molecule has 1 aliphatic heterocycles. The zero-order valence-electron chi connectivity index (χ0n) is 15.9. The number of nitro groups is 1. The average Bonchev–Trinajstić information content (AvgIpc) is 3.32. The first-order chi connectivity index (χ1) is 13.8. The van der Waals surface area contributed by atoms with Gasteiger partial charge < -0.3 is 9.84 Å². The molecule has 1 N–H and O–H groups in total. The highest BCUT2D eigenvalue weighted by molar-refractivity contribution is 5.99. The number of hydrogen-bond donors (Lipinski definition) is 1. The lowest BCUT2D eigenvalue weighted by atomic mass is 10.2. The van der Waals surface area contributed by atoms with E-state index in [2.05, 4.69) is 10.5 Å². The van der Waals surface area contributed by atoms with Crippen molar-refractivity contribution >= 4 is 23.4 Å². The number of nitrogens with zero attached hydrogens (tertiary/aromatic N) is 4. The third-order valence-electron chi connectivity index (χ3n) is 4.54. The molecule has 1 fully saturated rings. The number of amides is 3. The predicted molar refractivity (Wildman–Crippen MR) is 98.8 cm³/mol. The quantitative estimate of drug-likeness (QED) is 0.587. The van der Waals surface area contributed by atoms with Gasteiger partial charge in [0.2, 0.25) is 0 Å². The fourth-order valence-electron chi connectivity index (χ4n) is 3.08. The van der Waals surface area contributed by atoms with Gasteiger partial charge in [0.15, 0.2) is 0 Å². The molecular weight excluding hydrogens is 382 g/mol. The first kappa shape index (κ1) is 20.0. The summed E-state index contributed by atoms with van der Waals surface area (Å²) in [7, 11) is 0. The summed E-state index contributed by atoms with van der Waals surface area (Å²) in [5, 5.41) is 19.5. The molecule has 0 unspecified atom stereocenters. The van der Waals surface area contributed by atoms with Gasteiger partial charge >= 0.3 is 0 Å². The Morgan fingerprint density at radius 1 is 1.17 bits per heavy atom. The molecule has 2 aromatic rings. The molecule has 3 rings (SSSR count). The van der Waals surface area contributed by atoms with Gasteiger partial charge in [-0.2, -0.15) is 0 Å². The Morgan fingerprint density at radius 3 is 2.41 bits per heavy atom. The molecule has 3 amide bonds. The van der Waals surface area contributed by atoms with E-state index in [0.717, 1.165) is 0 Å². The number of non-ortho nitro benzene ring substituents is 1. The summed E-state index contributed by atoms with van der Waals surface area (Å²) in [5.74, 6) is -0.999. The zero-order chi connectivity index (χ0) is 21.1. The molecular formula is C18H19N5O6. The monoisotopic (exact) mass is 401 g/mol. The number of aromatic nitrogens is 1. The largest absolute Gasteiger partial charge is 0.361 e. The van der Waals surface area contributed by atoms with Gasteiger partial charge in [-0.1, -0.05) is 5.16 Å². The normalized spacial score (nSPS) is 13.4. The number of aryl methyl sites for hydroxylation is 2. The van der Waals surface area contributed by atoms with Crippen LogP contribution in [0.5, 0.6) is 0 Å². The number of carbonyl (C=O) groups excluding carboxylic acids is 3. The second-order valence-corrected chi connectivity index (χ2v) is 6.48. The summed E-state index contributed by atoms with van der Waals surface area (Å²) in [6, 6.07) is 5.03. The van der Waals surface area contributed by atoms with Crippen LogP contribution in [0, 0.1) is 24.0 Å². The van der Waals surface area contributed by atoms with Gasteiger partial charge in [-0.25, -0.2) is 10.0 Å². The summed E-state index contributed by atoms with van der Waals surface area (Å²) in [4.78, 5) is 47.7. The molecule has 0 radical (unpaired) electrons. The fraction of sp³-hybridized carbons (Fsp3) is 0.333. The van der Waals surface area contributed by atoms with E-state index in [1.165, 1.54) is 34.3 Å². The van der Waals surface area contributed by atoms with E-state index in [1.807, 2.05) is 0 Å². The third kappa shape index (κ3) is 4.08. The highest BCUT2D eigenvalue weighted by Gasteiger charge is 2.34. The lowest BCUT2D eigenvalue weighted by Crippen LogP contribution is -2.48. The molecule has 11 heteroatoms. The maximum Gasteiger partial charge on any atom is 0.277 e. The van der Waals surface area contributed by atoms with Crippen LogP contribution in [0.2, 0.25) is 0 Å². The van der Waals surface area contributed by atoms with Crippen LogP contribution in [-0.2, 0) is 4.79 Å². The van der Waals surface area contributed by atoms with Gasteiger partial charge in [-0.15, -0.1) is 0 Å². The van der Waals surface area contributed by atoms with E-state index in [-0.39, 0.29) is 23.7 Å². The highest BCUT2D eigenvalue weighted by Crippen LogP contribution is 2.20. The topological polar surface area (TPSA) is 139 Å². The minimum atomic E-state index is -0.566. The molecule has 0 aliphatic carbocycles. The molecule has 152 valence electrons. The maximum absolute atomic E-state index is 12.8. The molecule has 1 aliphatic rings. The Kier molecular flexibility index (Phi) is 5.57. The highest BCUT2D eigenvalue weighted by atomic mass is 16.6. The summed E-state index contributed by atoms with van der Waals surface area (Å²) in [6.45, 7) is 3.67. The van der Waals surface area contributed by atoms with Crippen molar-refractivity contribution in [3.63, 3.8) is 0 Å². The summed E-state index contributed by atoms with van der Waals surface area (Å²) in [6.07, 6.45) is 0.608. The SMILES string of the molecule is Cc1noc(C)c1C(=O)N1CCCN1C(=O)CNC(=O)c1ccc([N+](=O)[O-])cc1. The van der Waals surface area contributed by atoms with E-state index in [9.17, 15) is 24.5 Å². The molecule has 1 aromatic carbocycles. The van der Waals surface area contributed by atoms with Gasteiger partial charge in [0.1, 0.15) is 11.3 Å². The molecule has 29 heavy (non-hydrogen) atoms. The Balaban J connectivity index is 1.63. The Hall–Kier alpha value is -3.76. The smallest absolute Gasteiger partial charge is 0.277 e. The molecule has 11 nitrogen and oxygen atoms in total. The number of nitrogens with one attached hydrogen (secondary N) is 1. The third-order valence-corrected chi connectivity index (χ3v) is 4.54. The Bertz CT molecular complexity index is 948. The lowest BCUT2D eigenvalue weighted by Gasteiger charge is -2.27. The van der Waals surface area contributed by atoms with Gasteiger partial charge in [-0.05, 0) is 32.4 Å². The predicted octanol–water partition coefficient (Wildman–Crippen LogP) is 1.22. The first-order valence-corrected chi connectivity index (χ1v) is 8.87. The molecule has 2 heterocycles. The van der Waals surface area contributed by atoms with Gasteiger partial charge in [0.05, 0.1) is 17.2 Å². The molecule has 1 saturated heterocycles. The first-order valence-electron chi connectivity index (χ1n) is 8.87. The van der Waals surface area contributed by atoms with Gasteiger partial charge in [0, 0.05) is 30.8 Å². The Morgan fingerprint density at radius 2 is 1.83 bits per heavy atom. The number of rotatable bonds is 5. The van der Waals surface area contributed by atoms with Crippen molar-refractivity contribution in [1.82, 2.24) is 20.5 Å². The fourth-order valence-corrected chi connectivity index (χ4v) is 3.08. The van der Waals surface area contributed by atoms with Crippen LogP contribution in [-0.4, -0.2) is 57.5 Å². The van der Waals surface area contributed by atoms with Crippen LogP contribution in [0.1, 0.15) is 38.6 Å². The van der Waals surface area contributed by atoms with Crippen LogP contribution in [0.3, 0.4) is 0 Å². The summed E-state index contributed by atoms with van der Waals surface area (Å²) >= 11 is 0. The molecule has 0 bridgehead atoms. The van der Waals surface area contributed by atoms with Crippen LogP contribution >= 0.6 is 0 Å². The van der Waals surface area contributed by atoms with E-state index in [4.69, 9.17) is 4.52 Å². The van der Waals surface area contributed by atoms with E-state index in [1.54, 1.807) is 13.8 Å². The zero-order valence-corrected chi connectivity index (χ0v) is 15.9.